The topological polar surface area (TPSA) is 90.6 Å². The molecule has 1 aliphatic heterocycles. The molecule has 2 atom stereocenters. The second-order valence-electron chi connectivity index (χ2n) is 5.81. The Morgan fingerprint density at radius 2 is 2.11 bits per heavy atom. The lowest BCUT2D eigenvalue weighted by molar-refractivity contribution is -0.149. The normalized spacial score (nSPS) is 26.9. The van der Waals surface area contributed by atoms with E-state index in [0.717, 1.165) is 0 Å². The molecule has 0 radical (unpaired) electrons. The summed E-state index contributed by atoms with van der Waals surface area (Å²) in [6.45, 7) is 6.96. The predicted molar refractivity (Wildman–Crippen MR) is 67.3 cm³/mol. The molecule has 0 unspecified atom stereocenters. The Labute approximate surface area is 112 Å². The highest BCUT2D eigenvalue weighted by molar-refractivity contribution is 5.85. The molecule has 0 aromatic heterocycles. The molecular formula is C13H20N2O4. The van der Waals surface area contributed by atoms with Crippen LogP contribution in [-0.2, 0) is 9.53 Å². The van der Waals surface area contributed by atoms with E-state index in [1.54, 1.807) is 27.7 Å². The zero-order chi connectivity index (χ0) is 14.8. The van der Waals surface area contributed by atoms with E-state index in [1.807, 2.05) is 6.07 Å². The minimum Gasteiger partial charge on any atom is -0.479 e. The summed E-state index contributed by atoms with van der Waals surface area (Å²) in [5.41, 5.74) is -2.03. The molecule has 0 aromatic carbocycles. The van der Waals surface area contributed by atoms with Crippen LogP contribution < -0.4 is 0 Å². The van der Waals surface area contributed by atoms with E-state index in [1.165, 1.54) is 4.90 Å². The van der Waals surface area contributed by atoms with Crippen molar-refractivity contribution in [1.82, 2.24) is 4.90 Å². The SMILES string of the molecule is CC[C@@]1(C(=O)O)C[C@@H](C#N)CN1C(=O)OC(C)(C)C. The molecule has 0 aromatic rings. The van der Waals surface area contributed by atoms with Crippen LogP contribution in [0.15, 0.2) is 0 Å². The van der Waals surface area contributed by atoms with Gasteiger partial charge in [0.1, 0.15) is 11.1 Å². The minimum atomic E-state index is -1.33. The van der Waals surface area contributed by atoms with Crippen molar-refractivity contribution < 1.29 is 19.4 Å². The standard InChI is InChI=1S/C13H20N2O4/c1-5-13(10(16)17)6-9(7-14)8-15(13)11(18)19-12(2,3)4/h9H,5-6,8H2,1-4H3,(H,16,17)/t9-,13-/m0/s1. The van der Waals surface area contributed by atoms with Crippen LogP contribution in [0.25, 0.3) is 0 Å². The van der Waals surface area contributed by atoms with E-state index >= 15 is 0 Å². The van der Waals surface area contributed by atoms with E-state index in [4.69, 9.17) is 10.00 Å². The summed E-state index contributed by atoms with van der Waals surface area (Å²) in [5, 5.41) is 18.4. The second-order valence-corrected chi connectivity index (χ2v) is 5.81. The van der Waals surface area contributed by atoms with Crippen molar-refractivity contribution in [1.29, 1.82) is 5.26 Å². The Hall–Kier alpha value is -1.77. The number of rotatable bonds is 2. The highest BCUT2D eigenvalue weighted by Crippen LogP contribution is 2.37. The Kier molecular flexibility index (Phi) is 4.09. The molecule has 1 rings (SSSR count). The average Bonchev–Trinajstić information content (AvgIpc) is 2.66. The molecule has 6 heteroatoms. The number of aliphatic carboxylic acids is 1. The van der Waals surface area contributed by atoms with Crippen LogP contribution in [0.1, 0.15) is 40.5 Å². The maximum absolute atomic E-state index is 12.1. The van der Waals surface area contributed by atoms with E-state index < -0.39 is 29.1 Å². The molecule has 0 spiro atoms. The lowest BCUT2D eigenvalue weighted by atomic mass is 9.90. The summed E-state index contributed by atoms with van der Waals surface area (Å²) in [4.78, 5) is 24.9. The van der Waals surface area contributed by atoms with Gasteiger partial charge in [-0.05, 0) is 33.6 Å². The zero-order valence-electron chi connectivity index (χ0n) is 11.8. The van der Waals surface area contributed by atoms with Crippen LogP contribution in [0, 0.1) is 17.2 Å². The van der Waals surface area contributed by atoms with Gasteiger partial charge < -0.3 is 9.84 Å². The third-order valence-corrected chi connectivity index (χ3v) is 3.28. The number of carboxylic acids is 1. The van der Waals surface area contributed by atoms with Crippen molar-refractivity contribution in [3.63, 3.8) is 0 Å². The third kappa shape index (κ3) is 2.98. The van der Waals surface area contributed by atoms with Crippen LogP contribution in [0.4, 0.5) is 4.79 Å². The van der Waals surface area contributed by atoms with E-state index in [2.05, 4.69) is 0 Å². The first-order chi connectivity index (χ1) is 8.66. The van der Waals surface area contributed by atoms with Gasteiger partial charge in [-0.15, -0.1) is 0 Å². The van der Waals surface area contributed by atoms with Gasteiger partial charge >= 0.3 is 12.1 Å². The van der Waals surface area contributed by atoms with Gasteiger partial charge in [0.15, 0.2) is 0 Å². The van der Waals surface area contributed by atoms with Crippen molar-refractivity contribution >= 4 is 12.1 Å². The van der Waals surface area contributed by atoms with Gasteiger partial charge in [0, 0.05) is 6.54 Å². The molecule has 0 saturated carbocycles. The molecular weight excluding hydrogens is 248 g/mol. The van der Waals surface area contributed by atoms with Crippen molar-refractivity contribution in [2.45, 2.75) is 51.7 Å². The number of amides is 1. The number of hydrogen-bond acceptors (Lipinski definition) is 4. The van der Waals surface area contributed by atoms with Gasteiger partial charge in [0.05, 0.1) is 12.0 Å². The molecule has 1 heterocycles. The first-order valence-electron chi connectivity index (χ1n) is 6.30. The number of nitrogens with zero attached hydrogens (tertiary/aromatic N) is 2. The second kappa shape index (κ2) is 5.08. The summed E-state index contributed by atoms with van der Waals surface area (Å²) >= 11 is 0. The van der Waals surface area contributed by atoms with Gasteiger partial charge in [0.2, 0.25) is 0 Å². The van der Waals surface area contributed by atoms with Crippen LogP contribution in [-0.4, -0.2) is 39.8 Å². The maximum atomic E-state index is 12.1. The highest BCUT2D eigenvalue weighted by atomic mass is 16.6. The molecule has 1 amide bonds. The monoisotopic (exact) mass is 268 g/mol. The molecule has 1 aliphatic rings. The lowest BCUT2D eigenvalue weighted by Crippen LogP contribution is -2.53. The van der Waals surface area contributed by atoms with Crippen molar-refractivity contribution in [2.75, 3.05) is 6.54 Å². The zero-order valence-corrected chi connectivity index (χ0v) is 11.8. The van der Waals surface area contributed by atoms with E-state index in [-0.39, 0.29) is 19.4 Å². The largest absolute Gasteiger partial charge is 0.479 e. The summed E-state index contributed by atoms with van der Waals surface area (Å²) in [6.07, 6.45) is -0.275. The van der Waals surface area contributed by atoms with Gasteiger partial charge in [0.25, 0.3) is 0 Å². The van der Waals surface area contributed by atoms with Gasteiger partial charge in [-0.25, -0.2) is 9.59 Å². The molecule has 1 fully saturated rings. The fraction of sp³-hybridized carbons (Fsp3) is 0.769. The lowest BCUT2D eigenvalue weighted by Gasteiger charge is -2.34. The molecule has 0 aliphatic carbocycles. The predicted octanol–water partition coefficient (Wildman–Crippen LogP) is 2.00. The average molecular weight is 268 g/mol. The number of hydrogen-bond donors (Lipinski definition) is 1. The van der Waals surface area contributed by atoms with Crippen molar-refractivity contribution in [3.05, 3.63) is 0 Å². The molecule has 106 valence electrons. The Balaban J connectivity index is 3.05. The smallest absolute Gasteiger partial charge is 0.411 e. The molecule has 1 saturated heterocycles. The van der Waals surface area contributed by atoms with Crippen LogP contribution in [0.3, 0.4) is 0 Å². The van der Waals surface area contributed by atoms with E-state index in [0.29, 0.717) is 0 Å². The number of carbonyl (C=O) groups is 2. The van der Waals surface area contributed by atoms with Gasteiger partial charge in [-0.1, -0.05) is 6.92 Å². The Bertz CT molecular complexity index is 421. The number of likely N-dealkylation sites (tertiary alicyclic amines) is 1. The number of nitriles is 1. The number of carboxylic acid groups (broad SMARTS) is 1. The number of ether oxygens (including phenoxy) is 1. The molecule has 1 N–H and O–H groups in total. The Morgan fingerprint density at radius 3 is 2.47 bits per heavy atom. The summed E-state index contributed by atoms with van der Waals surface area (Å²) in [5.74, 6) is -1.55. The highest BCUT2D eigenvalue weighted by Gasteiger charge is 2.53. The van der Waals surface area contributed by atoms with Crippen LogP contribution in [0.5, 0.6) is 0 Å². The van der Waals surface area contributed by atoms with Gasteiger partial charge in [-0.3, -0.25) is 4.90 Å². The van der Waals surface area contributed by atoms with E-state index in [9.17, 15) is 14.7 Å². The summed E-state index contributed by atoms with van der Waals surface area (Å²) < 4.78 is 5.24. The first-order valence-corrected chi connectivity index (χ1v) is 6.30. The number of carbonyl (C=O) groups excluding carboxylic acids is 1. The molecule has 6 nitrogen and oxygen atoms in total. The fourth-order valence-corrected chi connectivity index (χ4v) is 2.32. The third-order valence-electron chi connectivity index (χ3n) is 3.28. The van der Waals surface area contributed by atoms with Crippen LogP contribution in [0.2, 0.25) is 0 Å². The molecule has 0 bridgehead atoms. The molecule has 19 heavy (non-hydrogen) atoms. The summed E-state index contributed by atoms with van der Waals surface area (Å²) in [7, 11) is 0. The van der Waals surface area contributed by atoms with Gasteiger partial charge in [-0.2, -0.15) is 5.26 Å². The van der Waals surface area contributed by atoms with Crippen molar-refractivity contribution in [3.8, 4) is 6.07 Å². The Morgan fingerprint density at radius 1 is 1.53 bits per heavy atom. The first kappa shape index (κ1) is 15.3. The van der Waals surface area contributed by atoms with Crippen LogP contribution >= 0.6 is 0 Å². The quantitative estimate of drug-likeness (QED) is 0.827. The van der Waals surface area contributed by atoms with Crippen molar-refractivity contribution in [2.24, 2.45) is 5.92 Å². The maximum Gasteiger partial charge on any atom is 0.411 e. The summed E-state index contributed by atoms with van der Waals surface area (Å²) in [6, 6.07) is 2.04. The fourth-order valence-electron chi connectivity index (χ4n) is 2.32. The minimum absolute atomic E-state index is 0.103.